The van der Waals surface area contributed by atoms with Crippen molar-refractivity contribution in [1.29, 1.82) is 0 Å². The number of fused-ring (bicyclic) bond motifs is 1. The second-order valence-corrected chi connectivity index (χ2v) is 7.13. The van der Waals surface area contributed by atoms with Crippen LogP contribution < -0.4 is 11.1 Å². The fraction of sp³-hybridized carbons (Fsp3) is 0.273. The lowest BCUT2D eigenvalue weighted by atomic mass is 10.0. The van der Waals surface area contributed by atoms with Crippen LogP contribution in [0.25, 0.3) is 10.9 Å². The normalized spacial score (nSPS) is 11.4. The van der Waals surface area contributed by atoms with Crippen molar-refractivity contribution in [3.63, 3.8) is 0 Å². The Morgan fingerprint density at radius 2 is 1.86 bits per heavy atom. The molecule has 1 atom stereocenters. The number of H-pyrrole nitrogens is 1. The summed E-state index contributed by atoms with van der Waals surface area (Å²) in [4.78, 5) is 25.9. The number of hydrogen-bond donors (Lipinski definition) is 5. The number of nitrogens with two attached hydrogens (primary N) is 1. The van der Waals surface area contributed by atoms with Crippen molar-refractivity contribution >= 4 is 35.4 Å². The number of rotatable bonds is 7. The van der Waals surface area contributed by atoms with Crippen LogP contribution in [0.3, 0.4) is 0 Å². The Bertz CT molecular complexity index is 938. The van der Waals surface area contributed by atoms with Crippen LogP contribution in [0.2, 0.25) is 0 Å². The average molecular weight is 414 g/mol. The van der Waals surface area contributed by atoms with E-state index in [2.05, 4.69) is 54.1 Å². The molecule has 29 heavy (non-hydrogen) atoms. The molecule has 0 spiro atoms. The number of benzene rings is 2. The van der Waals surface area contributed by atoms with E-state index in [0.717, 1.165) is 16.5 Å². The molecule has 6 nitrogen and oxygen atoms in total. The maximum atomic E-state index is 11.5. The van der Waals surface area contributed by atoms with Crippen LogP contribution in [-0.4, -0.2) is 33.8 Å². The van der Waals surface area contributed by atoms with Crippen LogP contribution in [0.15, 0.2) is 54.7 Å². The molecule has 7 heteroatoms. The molecule has 1 aromatic heterocycles. The number of aliphatic carboxylic acids is 1. The van der Waals surface area contributed by atoms with E-state index in [1.807, 2.05) is 24.3 Å². The summed E-state index contributed by atoms with van der Waals surface area (Å²) >= 11 is 3.96. The molecule has 0 saturated heterocycles. The molecule has 2 aromatic carbocycles. The number of hydrogen-bond acceptors (Lipinski definition) is 4. The first-order valence-electron chi connectivity index (χ1n) is 9.38. The minimum atomic E-state index is -1.04. The van der Waals surface area contributed by atoms with Crippen molar-refractivity contribution in [1.82, 2.24) is 10.3 Å². The smallest absolute Gasteiger partial charge is 0.326 e. The third kappa shape index (κ3) is 6.96. The number of carbonyl (C=O) groups is 2. The SMILES string of the molecule is Cc1ccc(CN)cc1.O=C(CCS)NC(Cc1c[nH]c2ccccc12)C(=O)O. The number of carboxylic acid groups (broad SMARTS) is 1. The van der Waals surface area contributed by atoms with Crippen molar-refractivity contribution in [2.45, 2.75) is 32.4 Å². The molecule has 1 unspecified atom stereocenters. The van der Waals surface area contributed by atoms with Gasteiger partial charge >= 0.3 is 5.97 Å². The number of thiol groups is 1. The van der Waals surface area contributed by atoms with Crippen molar-refractivity contribution < 1.29 is 14.7 Å². The summed E-state index contributed by atoms with van der Waals surface area (Å²) in [7, 11) is 0. The maximum Gasteiger partial charge on any atom is 0.326 e. The standard InChI is InChI=1S/C14H16N2O3S.C8H11N/c17-13(5-6-20)16-12(14(18)19)7-9-8-15-11-4-2-1-3-10(9)11;1-7-2-4-8(6-9)5-3-7/h1-4,8,12,15,20H,5-7H2,(H,16,17)(H,18,19);2-5H,6,9H2,1H3. The van der Waals surface area contributed by atoms with Crippen molar-refractivity contribution in [3.05, 3.63) is 71.4 Å². The second-order valence-electron chi connectivity index (χ2n) is 6.69. The number of amides is 1. The molecule has 0 saturated carbocycles. The van der Waals surface area contributed by atoms with Gasteiger partial charge in [-0.15, -0.1) is 0 Å². The van der Waals surface area contributed by atoms with E-state index in [1.165, 1.54) is 11.1 Å². The summed E-state index contributed by atoms with van der Waals surface area (Å²) in [6, 6.07) is 15.0. The van der Waals surface area contributed by atoms with Gasteiger partial charge in [-0.25, -0.2) is 4.79 Å². The van der Waals surface area contributed by atoms with Crippen LogP contribution in [0.5, 0.6) is 0 Å². The highest BCUT2D eigenvalue weighted by molar-refractivity contribution is 7.80. The highest BCUT2D eigenvalue weighted by atomic mass is 32.1. The Morgan fingerprint density at radius 3 is 2.48 bits per heavy atom. The lowest BCUT2D eigenvalue weighted by Crippen LogP contribution is -2.42. The van der Waals surface area contributed by atoms with Gasteiger partial charge in [0.1, 0.15) is 6.04 Å². The van der Waals surface area contributed by atoms with Gasteiger partial charge in [0.05, 0.1) is 0 Å². The first kappa shape index (κ1) is 22.5. The van der Waals surface area contributed by atoms with E-state index in [-0.39, 0.29) is 18.7 Å². The second kappa shape index (κ2) is 11.3. The summed E-state index contributed by atoms with van der Waals surface area (Å²) in [5.74, 6) is -0.944. The van der Waals surface area contributed by atoms with Crippen LogP contribution >= 0.6 is 12.6 Å². The van der Waals surface area contributed by atoms with Gasteiger partial charge in [0.2, 0.25) is 5.91 Å². The summed E-state index contributed by atoms with van der Waals surface area (Å²) in [6.07, 6.45) is 2.24. The number of carbonyl (C=O) groups excluding carboxylic acids is 1. The molecule has 1 amide bonds. The molecule has 5 N–H and O–H groups in total. The zero-order chi connectivity index (χ0) is 21.2. The van der Waals surface area contributed by atoms with E-state index in [1.54, 1.807) is 6.20 Å². The van der Waals surface area contributed by atoms with E-state index in [9.17, 15) is 14.7 Å². The summed E-state index contributed by atoms with van der Waals surface area (Å²) in [5, 5.41) is 12.7. The first-order chi connectivity index (χ1) is 13.9. The Hall–Kier alpha value is -2.77. The molecular weight excluding hydrogens is 386 g/mol. The molecule has 0 aliphatic carbocycles. The topological polar surface area (TPSA) is 108 Å². The van der Waals surface area contributed by atoms with Gasteiger partial charge in [-0.05, 0) is 29.9 Å². The van der Waals surface area contributed by atoms with Gasteiger partial charge in [0.15, 0.2) is 0 Å². The van der Waals surface area contributed by atoms with Crippen LogP contribution in [-0.2, 0) is 22.6 Å². The molecule has 3 aromatic rings. The summed E-state index contributed by atoms with van der Waals surface area (Å²) in [5.41, 5.74) is 9.71. The maximum absolute atomic E-state index is 11.5. The molecular formula is C22H27N3O3S. The fourth-order valence-corrected chi connectivity index (χ4v) is 3.02. The summed E-state index contributed by atoms with van der Waals surface area (Å²) in [6.45, 7) is 2.71. The molecule has 1 heterocycles. The molecule has 154 valence electrons. The van der Waals surface area contributed by atoms with Crippen molar-refractivity contribution in [2.24, 2.45) is 5.73 Å². The van der Waals surface area contributed by atoms with E-state index >= 15 is 0 Å². The van der Waals surface area contributed by atoms with E-state index in [0.29, 0.717) is 12.3 Å². The van der Waals surface area contributed by atoms with Gasteiger partial charge in [-0.3, -0.25) is 4.79 Å². The van der Waals surface area contributed by atoms with Crippen LogP contribution in [0.4, 0.5) is 0 Å². The van der Waals surface area contributed by atoms with Gasteiger partial charge in [0.25, 0.3) is 0 Å². The molecule has 3 rings (SSSR count). The predicted molar refractivity (Wildman–Crippen MR) is 119 cm³/mol. The average Bonchev–Trinajstić information content (AvgIpc) is 3.12. The fourth-order valence-electron chi connectivity index (χ4n) is 2.81. The van der Waals surface area contributed by atoms with Crippen LogP contribution in [0, 0.1) is 6.92 Å². The summed E-state index contributed by atoms with van der Waals surface area (Å²) < 4.78 is 0. The number of nitrogens with one attached hydrogen (secondary N) is 2. The lowest BCUT2D eigenvalue weighted by Gasteiger charge is -2.13. The zero-order valence-electron chi connectivity index (χ0n) is 16.4. The molecule has 0 fully saturated rings. The van der Waals surface area contributed by atoms with Gasteiger partial charge in [0, 0.05) is 36.5 Å². The Kier molecular flexibility index (Phi) is 8.76. The zero-order valence-corrected chi connectivity index (χ0v) is 17.3. The Morgan fingerprint density at radius 1 is 1.17 bits per heavy atom. The minimum Gasteiger partial charge on any atom is -0.480 e. The highest BCUT2D eigenvalue weighted by Crippen LogP contribution is 2.19. The molecule has 0 aliphatic rings. The van der Waals surface area contributed by atoms with Gasteiger partial charge < -0.3 is 21.1 Å². The number of aromatic amines is 1. The Labute approximate surface area is 175 Å². The largest absolute Gasteiger partial charge is 0.480 e. The number of para-hydroxylation sites is 1. The van der Waals surface area contributed by atoms with Crippen molar-refractivity contribution in [3.8, 4) is 0 Å². The lowest BCUT2D eigenvalue weighted by molar-refractivity contribution is -0.141. The van der Waals surface area contributed by atoms with Crippen LogP contribution in [0.1, 0.15) is 23.1 Å². The molecule has 0 aliphatic heterocycles. The predicted octanol–water partition coefficient (Wildman–Crippen LogP) is 3.05. The van der Waals surface area contributed by atoms with E-state index in [4.69, 9.17) is 5.73 Å². The Balaban J connectivity index is 0.000000278. The minimum absolute atomic E-state index is 0.209. The van der Waals surface area contributed by atoms with Gasteiger partial charge in [-0.2, -0.15) is 12.6 Å². The third-order valence-electron chi connectivity index (χ3n) is 4.43. The first-order valence-corrected chi connectivity index (χ1v) is 10.0. The number of carboxylic acids is 1. The van der Waals surface area contributed by atoms with E-state index < -0.39 is 12.0 Å². The molecule has 0 radical (unpaired) electrons. The molecule has 0 bridgehead atoms. The number of aryl methyl sites for hydroxylation is 1. The quantitative estimate of drug-likeness (QED) is 0.384. The highest BCUT2D eigenvalue weighted by Gasteiger charge is 2.21. The van der Waals surface area contributed by atoms with Crippen molar-refractivity contribution in [2.75, 3.05) is 5.75 Å². The third-order valence-corrected chi connectivity index (χ3v) is 4.65. The monoisotopic (exact) mass is 413 g/mol. The number of aromatic nitrogens is 1. The van der Waals surface area contributed by atoms with Gasteiger partial charge in [-0.1, -0.05) is 48.0 Å².